The molecule has 1 aliphatic rings. The van der Waals surface area contributed by atoms with Gasteiger partial charge in [-0.15, -0.1) is 11.3 Å². The zero-order valence-electron chi connectivity index (χ0n) is 8.53. The Morgan fingerprint density at radius 2 is 2.47 bits per heavy atom. The molecule has 0 amide bonds. The van der Waals surface area contributed by atoms with E-state index in [-0.39, 0.29) is 5.54 Å². The molecule has 82 valence electrons. The van der Waals surface area contributed by atoms with Crippen LogP contribution >= 0.6 is 27.3 Å². The molecule has 0 aliphatic carbocycles. The Labute approximate surface area is 101 Å². The summed E-state index contributed by atoms with van der Waals surface area (Å²) in [5.74, 6) is 0.410. The van der Waals surface area contributed by atoms with Gasteiger partial charge in [-0.3, -0.25) is 4.84 Å². The molecule has 0 spiro atoms. The first kappa shape index (κ1) is 10.9. The summed E-state index contributed by atoms with van der Waals surface area (Å²) in [7, 11) is 1.75. The van der Waals surface area contributed by atoms with Gasteiger partial charge in [-0.2, -0.15) is 0 Å². The minimum Gasteiger partial charge on any atom is -0.368 e. The summed E-state index contributed by atoms with van der Waals surface area (Å²) in [6.45, 7) is 2.53. The Morgan fingerprint density at radius 3 is 3.00 bits per heavy atom. The first-order valence-electron chi connectivity index (χ1n) is 4.48. The second-order valence-corrected chi connectivity index (χ2v) is 5.47. The fourth-order valence-corrected chi connectivity index (χ4v) is 2.89. The molecule has 1 atom stereocenters. The molecule has 4 nitrogen and oxygen atoms in total. The van der Waals surface area contributed by atoms with Gasteiger partial charge < -0.3 is 5.73 Å². The molecule has 0 saturated carbocycles. The lowest BCUT2D eigenvalue weighted by atomic mass is 10.0. The van der Waals surface area contributed by atoms with Crippen LogP contribution in [-0.4, -0.2) is 24.7 Å². The van der Waals surface area contributed by atoms with E-state index >= 15 is 0 Å². The number of nitrogens with zero attached hydrogens (tertiary/aromatic N) is 2. The minimum atomic E-state index is -0.368. The monoisotopic (exact) mass is 289 g/mol. The first-order valence-corrected chi connectivity index (χ1v) is 6.15. The number of thiophene rings is 1. The van der Waals surface area contributed by atoms with Crippen LogP contribution in [0.15, 0.2) is 20.9 Å². The van der Waals surface area contributed by atoms with Gasteiger partial charge in [0.05, 0.1) is 0 Å². The minimum absolute atomic E-state index is 0.368. The van der Waals surface area contributed by atoms with Gasteiger partial charge in [0, 0.05) is 21.8 Å². The van der Waals surface area contributed by atoms with Gasteiger partial charge in [-0.05, 0) is 28.9 Å². The fraction of sp³-hybridized carbons (Fsp3) is 0.444. The third-order valence-corrected chi connectivity index (χ3v) is 4.27. The number of guanidine groups is 1. The Hall–Kier alpha value is -0.590. The molecule has 0 aromatic carbocycles. The summed E-state index contributed by atoms with van der Waals surface area (Å²) in [6.07, 6.45) is 0. The van der Waals surface area contributed by atoms with Crippen molar-refractivity contribution in [3.8, 4) is 0 Å². The number of halogens is 1. The van der Waals surface area contributed by atoms with Crippen LogP contribution in [0.3, 0.4) is 0 Å². The molecular weight excluding hydrogens is 278 g/mol. The average molecular weight is 290 g/mol. The SMILES string of the molecule is CN1OCC(C)(c2cc(Br)cs2)N=C1N. The molecule has 0 fully saturated rings. The molecule has 1 aromatic heterocycles. The van der Waals surface area contributed by atoms with Crippen molar-refractivity contribution in [2.75, 3.05) is 13.7 Å². The van der Waals surface area contributed by atoms with E-state index in [2.05, 4.69) is 27.0 Å². The van der Waals surface area contributed by atoms with E-state index < -0.39 is 0 Å². The van der Waals surface area contributed by atoms with Crippen LogP contribution in [0.5, 0.6) is 0 Å². The van der Waals surface area contributed by atoms with Crippen molar-refractivity contribution in [1.29, 1.82) is 0 Å². The van der Waals surface area contributed by atoms with Crippen LogP contribution in [0.25, 0.3) is 0 Å². The van der Waals surface area contributed by atoms with Gasteiger partial charge in [-0.25, -0.2) is 10.1 Å². The maximum absolute atomic E-state index is 5.74. The molecule has 1 unspecified atom stereocenters. The maximum atomic E-state index is 5.74. The number of nitrogens with two attached hydrogens (primary N) is 1. The highest BCUT2D eigenvalue weighted by atomic mass is 79.9. The topological polar surface area (TPSA) is 50.8 Å². The number of rotatable bonds is 1. The highest BCUT2D eigenvalue weighted by Gasteiger charge is 2.33. The second-order valence-electron chi connectivity index (χ2n) is 3.64. The molecule has 0 bridgehead atoms. The van der Waals surface area contributed by atoms with Crippen LogP contribution in [-0.2, 0) is 10.4 Å². The van der Waals surface area contributed by atoms with E-state index in [9.17, 15) is 0 Å². The second kappa shape index (κ2) is 3.77. The summed E-state index contributed by atoms with van der Waals surface area (Å²) in [4.78, 5) is 11.0. The zero-order valence-corrected chi connectivity index (χ0v) is 10.9. The summed E-state index contributed by atoms with van der Waals surface area (Å²) >= 11 is 5.08. The third-order valence-electron chi connectivity index (χ3n) is 2.32. The lowest BCUT2D eigenvalue weighted by Crippen LogP contribution is -2.45. The molecule has 0 radical (unpaired) electrons. The molecule has 15 heavy (non-hydrogen) atoms. The molecule has 2 heterocycles. The fourth-order valence-electron chi connectivity index (χ4n) is 1.37. The third kappa shape index (κ3) is 2.02. The van der Waals surface area contributed by atoms with E-state index in [0.29, 0.717) is 12.6 Å². The zero-order chi connectivity index (χ0) is 11.1. The van der Waals surface area contributed by atoms with E-state index in [4.69, 9.17) is 10.6 Å². The Kier molecular flexibility index (Phi) is 2.74. The van der Waals surface area contributed by atoms with Gasteiger partial charge in [-0.1, -0.05) is 0 Å². The standard InChI is InChI=1S/C9H12BrN3OS/c1-9(7-3-6(10)4-15-7)5-14-13(2)8(11)12-9/h3-4H,5H2,1-2H3,(H2,11,12). The van der Waals surface area contributed by atoms with Crippen molar-refractivity contribution in [1.82, 2.24) is 5.06 Å². The predicted octanol–water partition coefficient (Wildman–Crippen LogP) is 1.92. The van der Waals surface area contributed by atoms with Crippen molar-refractivity contribution >= 4 is 33.2 Å². The Morgan fingerprint density at radius 1 is 1.73 bits per heavy atom. The summed E-state index contributed by atoms with van der Waals surface area (Å²) in [6, 6.07) is 2.05. The van der Waals surface area contributed by atoms with Gasteiger partial charge in [0.25, 0.3) is 0 Å². The van der Waals surface area contributed by atoms with E-state index in [1.54, 1.807) is 18.4 Å². The van der Waals surface area contributed by atoms with Crippen molar-refractivity contribution < 1.29 is 4.84 Å². The largest absolute Gasteiger partial charge is 0.368 e. The van der Waals surface area contributed by atoms with Gasteiger partial charge in [0.1, 0.15) is 12.1 Å². The predicted molar refractivity (Wildman–Crippen MR) is 64.7 cm³/mol. The average Bonchev–Trinajstić information content (AvgIpc) is 2.60. The summed E-state index contributed by atoms with van der Waals surface area (Å²) in [5, 5.41) is 3.52. The smallest absolute Gasteiger partial charge is 0.216 e. The van der Waals surface area contributed by atoms with Crippen LogP contribution in [0.4, 0.5) is 0 Å². The normalized spacial score (nSPS) is 26.6. The first-order chi connectivity index (χ1) is 7.01. The van der Waals surface area contributed by atoms with Gasteiger partial charge in [0.2, 0.25) is 5.96 Å². The summed E-state index contributed by atoms with van der Waals surface area (Å²) in [5.41, 5.74) is 5.37. The molecule has 1 aromatic rings. The molecular formula is C9H12BrN3OS. The molecule has 2 rings (SSSR count). The van der Waals surface area contributed by atoms with Crippen molar-refractivity contribution in [2.45, 2.75) is 12.5 Å². The summed E-state index contributed by atoms with van der Waals surface area (Å²) < 4.78 is 1.07. The number of hydrogen-bond donors (Lipinski definition) is 1. The molecule has 0 saturated heterocycles. The lowest BCUT2D eigenvalue weighted by molar-refractivity contribution is -0.112. The van der Waals surface area contributed by atoms with Crippen molar-refractivity contribution in [3.05, 3.63) is 20.8 Å². The van der Waals surface area contributed by atoms with Crippen molar-refractivity contribution in [2.24, 2.45) is 10.7 Å². The maximum Gasteiger partial charge on any atom is 0.216 e. The van der Waals surface area contributed by atoms with E-state index in [1.807, 2.05) is 12.3 Å². The highest BCUT2D eigenvalue weighted by Crippen LogP contribution is 2.34. The Balaban J connectivity index is 2.36. The van der Waals surface area contributed by atoms with Crippen LogP contribution in [0, 0.1) is 0 Å². The van der Waals surface area contributed by atoms with Crippen LogP contribution in [0.2, 0.25) is 0 Å². The highest BCUT2D eigenvalue weighted by molar-refractivity contribution is 9.10. The van der Waals surface area contributed by atoms with Crippen LogP contribution < -0.4 is 5.73 Å². The number of hydrogen-bond acceptors (Lipinski definition) is 5. The Bertz CT molecular complexity index is 406. The molecule has 1 aliphatic heterocycles. The van der Waals surface area contributed by atoms with E-state index in [0.717, 1.165) is 9.35 Å². The van der Waals surface area contributed by atoms with Crippen LogP contribution in [0.1, 0.15) is 11.8 Å². The molecule has 6 heteroatoms. The number of aliphatic imine (C=N–C) groups is 1. The number of hydroxylamine groups is 2. The van der Waals surface area contributed by atoms with E-state index in [1.165, 1.54) is 5.06 Å². The quantitative estimate of drug-likeness (QED) is 0.859. The lowest BCUT2D eigenvalue weighted by Gasteiger charge is -2.33. The van der Waals surface area contributed by atoms with Crippen molar-refractivity contribution in [3.63, 3.8) is 0 Å². The van der Waals surface area contributed by atoms with Gasteiger partial charge in [0.15, 0.2) is 0 Å². The van der Waals surface area contributed by atoms with Gasteiger partial charge >= 0.3 is 0 Å². The molecule has 2 N–H and O–H groups in total.